The number of carbonyl (C=O) groups is 4. The quantitative estimate of drug-likeness (QED) is 0.226. The van der Waals surface area contributed by atoms with Gasteiger partial charge < -0.3 is 31.1 Å². The lowest BCUT2D eigenvalue weighted by atomic mass is 10.00. The lowest BCUT2D eigenvalue weighted by Gasteiger charge is -2.35. The van der Waals surface area contributed by atoms with Gasteiger partial charge in [0.15, 0.2) is 0 Å². The summed E-state index contributed by atoms with van der Waals surface area (Å²) >= 11 is 0. The average molecular weight is 549 g/mol. The number of aromatic hydroxyl groups is 1. The molecule has 0 aliphatic rings. The fraction of sp³-hybridized carbons (Fsp3) is 0.655. The van der Waals surface area contributed by atoms with Crippen molar-refractivity contribution >= 4 is 23.8 Å². The Morgan fingerprint density at radius 1 is 0.974 bits per heavy atom. The SMILES string of the molecule is CCCCCCN(C(=O)C(CCC(N)=O)NC(=O)OC(C)(C)C)C(C(=O)NC(C)CCC)c1ccc(O)cc1. The smallest absolute Gasteiger partial charge is 0.408 e. The van der Waals surface area contributed by atoms with E-state index in [0.717, 1.165) is 32.1 Å². The summed E-state index contributed by atoms with van der Waals surface area (Å²) in [5.41, 5.74) is 5.08. The Labute approximate surface area is 233 Å². The van der Waals surface area contributed by atoms with E-state index in [2.05, 4.69) is 17.6 Å². The first-order valence-corrected chi connectivity index (χ1v) is 14.0. The Morgan fingerprint density at radius 3 is 2.15 bits per heavy atom. The molecule has 1 aromatic carbocycles. The minimum absolute atomic E-state index is 0.0315. The number of rotatable bonds is 16. The van der Waals surface area contributed by atoms with Gasteiger partial charge in [0, 0.05) is 19.0 Å². The number of unbranched alkanes of at least 4 members (excludes halogenated alkanes) is 3. The second-order valence-corrected chi connectivity index (χ2v) is 11.0. The molecule has 0 aromatic heterocycles. The van der Waals surface area contributed by atoms with Crippen LogP contribution in [0.5, 0.6) is 5.75 Å². The number of carbonyl (C=O) groups excluding carboxylic acids is 4. The third kappa shape index (κ3) is 12.9. The zero-order valence-electron chi connectivity index (χ0n) is 24.4. The molecule has 0 heterocycles. The van der Waals surface area contributed by atoms with E-state index in [1.165, 1.54) is 17.0 Å². The molecule has 0 aliphatic heterocycles. The number of phenolic OH excluding ortho intramolecular Hbond substituents is 1. The Bertz CT molecular complexity index is 929. The van der Waals surface area contributed by atoms with Gasteiger partial charge in [-0.1, -0.05) is 51.7 Å². The fourth-order valence-electron chi connectivity index (χ4n) is 4.23. The number of amides is 4. The van der Waals surface area contributed by atoms with Crippen molar-refractivity contribution in [3.63, 3.8) is 0 Å². The molecule has 220 valence electrons. The van der Waals surface area contributed by atoms with Gasteiger partial charge in [-0.3, -0.25) is 14.4 Å². The summed E-state index contributed by atoms with van der Waals surface area (Å²) in [4.78, 5) is 53.5. The Hall–Kier alpha value is -3.30. The number of alkyl carbamates (subject to hydrolysis) is 1. The van der Waals surface area contributed by atoms with Gasteiger partial charge in [0.1, 0.15) is 23.4 Å². The first-order valence-electron chi connectivity index (χ1n) is 14.0. The van der Waals surface area contributed by atoms with E-state index in [1.807, 2.05) is 13.8 Å². The van der Waals surface area contributed by atoms with Crippen molar-refractivity contribution in [3.8, 4) is 5.75 Å². The number of phenols is 1. The molecule has 0 fully saturated rings. The van der Waals surface area contributed by atoms with Crippen molar-refractivity contribution in [2.24, 2.45) is 5.73 Å². The number of primary amides is 1. The lowest BCUT2D eigenvalue weighted by molar-refractivity contribution is -0.143. The van der Waals surface area contributed by atoms with Crippen molar-refractivity contribution < 1.29 is 29.0 Å². The molecule has 5 N–H and O–H groups in total. The van der Waals surface area contributed by atoms with Crippen LogP contribution in [0.1, 0.15) is 105 Å². The van der Waals surface area contributed by atoms with Gasteiger partial charge >= 0.3 is 6.09 Å². The first-order chi connectivity index (χ1) is 18.3. The average Bonchev–Trinajstić information content (AvgIpc) is 2.83. The van der Waals surface area contributed by atoms with Crippen LogP contribution < -0.4 is 16.4 Å². The predicted molar refractivity (Wildman–Crippen MR) is 151 cm³/mol. The molecule has 0 saturated heterocycles. The van der Waals surface area contributed by atoms with E-state index in [-0.39, 0.29) is 37.1 Å². The summed E-state index contributed by atoms with van der Waals surface area (Å²) in [6, 6.07) is 3.87. The van der Waals surface area contributed by atoms with Crippen LogP contribution in [0.2, 0.25) is 0 Å². The molecule has 3 unspecified atom stereocenters. The molecule has 1 rings (SSSR count). The van der Waals surface area contributed by atoms with Crippen LogP contribution in [0.15, 0.2) is 24.3 Å². The van der Waals surface area contributed by atoms with E-state index in [1.54, 1.807) is 32.9 Å². The van der Waals surface area contributed by atoms with Gasteiger partial charge in [-0.2, -0.15) is 0 Å². The van der Waals surface area contributed by atoms with Crippen LogP contribution in [0, 0.1) is 0 Å². The molecular weight excluding hydrogens is 500 g/mol. The summed E-state index contributed by atoms with van der Waals surface area (Å²) in [7, 11) is 0. The number of nitrogens with zero attached hydrogens (tertiary/aromatic N) is 1. The highest BCUT2D eigenvalue weighted by Gasteiger charge is 2.36. The van der Waals surface area contributed by atoms with Gasteiger partial charge in [0.05, 0.1) is 0 Å². The van der Waals surface area contributed by atoms with Crippen LogP contribution >= 0.6 is 0 Å². The second-order valence-electron chi connectivity index (χ2n) is 11.0. The maximum Gasteiger partial charge on any atom is 0.408 e. The molecule has 0 bridgehead atoms. The van der Waals surface area contributed by atoms with E-state index in [4.69, 9.17) is 10.5 Å². The minimum atomic E-state index is -1.14. The predicted octanol–water partition coefficient (Wildman–Crippen LogP) is 4.31. The normalized spacial score (nSPS) is 13.6. The molecule has 39 heavy (non-hydrogen) atoms. The van der Waals surface area contributed by atoms with Crippen molar-refractivity contribution in [2.45, 2.75) is 117 Å². The number of hydrogen-bond donors (Lipinski definition) is 4. The van der Waals surface area contributed by atoms with E-state index >= 15 is 0 Å². The zero-order chi connectivity index (χ0) is 29.6. The summed E-state index contributed by atoms with van der Waals surface area (Å²) < 4.78 is 5.36. The molecule has 1 aromatic rings. The van der Waals surface area contributed by atoms with E-state index in [9.17, 15) is 24.3 Å². The van der Waals surface area contributed by atoms with Gasteiger partial charge in [-0.25, -0.2) is 4.79 Å². The number of ether oxygens (including phenoxy) is 1. The molecule has 0 spiro atoms. The number of hydrogen-bond acceptors (Lipinski definition) is 6. The monoisotopic (exact) mass is 548 g/mol. The largest absolute Gasteiger partial charge is 0.508 e. The molecule has 3 atom stereocenters. The molecular formula is C29H48N4O6. The van der Waals surface area contributed by atoms with Crippen LogP contribution in [0.25, 0.3) is 0 Å². The summed E-state index contributed by atoms with van der Waals surface area (Å²) in [5, 5.41) is 15.5. The highest BCUT2D eigenvalue weighted by molar-refractivity contribution is 5.92. The van der Waals surface area contributed by atoms with Crippen LogP contribution in [-0.2, 0) is 19.1 Å². The van der Waals surface area contributed by atoms with Crippen molar-refractivity contribution in [3.05, 3.63) is 29.8 Å². The summed E-state index contributed by atoms with van der Waals surface area (Å²) in [6.45, 7) is 11.4. The topological polar surface area (TPSA) is 151 Å². The highest BCUT2D eigenvalue weighted by atomic mass is 16.6. The second kappa shape index (κ2) is 16.6. The van der Waals surface area contributed by atoms with Crippen LogP contribution in [0.3, 0.4) is 0 Å². The Morgan fingerprint density at radius 2 is 1.62 bits per heavy atom. The Balaban J connectivity index is 3.50. The van der Waals surface area contributed by atoms with E-state index < -0.39 is 35.6 Å². The highest BCUT2D eigenvalue weighted by Crippen LogP contribution is 2.26. The van der Waals surface area contributed by atoms with E-state index in [0.29, 0.717) is 12.0 Å². The van der Waals surface area contributed by atoms with Crippen molar-refractivity contribution in [1.82, 2.24) is 15.5 Å². The fourth-order valence-corrected chi connectivity index (χ4v) is 4.23. The van der Waals surface area contributed by atoms with Gasteiger partial charge in [-0.05, 0) is 64.7 Å². The Kier molecular flexibility index (Phi) is 14.4. The molecule has 0 radical (unpaired) electrons. The lowest BCUT2D eigenvalue weighted by Crippen LogP contribution is -2.54. The van der Waals surface area contributed by atoms with Crippen LogP contribution in [-0.4, -0.2) is 58.1 Å². The third-order valence-corrected chi connectivity index (χ3v) is 6.08. The van der Waals surface area contributed by atoms with Crippen molar-refractivity contribution in [1.29, 1.82) is 0 Å². The zero-order valence-corrected chi connectivity index (χ0v) is 24.4. The number of benzene rings is 1. The molecule has 10 nitrogen and oxygen atoms in total. The van der Waals surface area contributed by atoms with Crippen molar-refractivity contribution in [2.75, 3.05) is 6.54 Å². The number of nitrogens with one attached hydrogen (secondary N) is 2. The molecule has 4 amide bonds. The van der Waals surface area contributed by atoms with Crippen LogP contribution in [0.4, 0.5) is 4.79 Å². The standard InChI is InChI=1S/C29H48N4O6/c1-7-9-10-11-19-33(27(37)23(17-18-24(30)35)32-28(38)39-29(4,5)6)25(21-13-15-22(34)16-14-21)26(36)31-20(3)12-8-2/h13-16,20,23,25,34H,7-12,17-19H2,1-6H3,(H2,30,35)(H,31,36)(H,32,38). The molecule has 10 heteroatoms. The van der Waals surface area contributed by atoms with Gasteiger partial charge in [0.25, 0.3) is 0 Å². The third-order valence-electron chi connectivity index (χ3n) is 6.08. The molecule has 0 aliphatic carbocycles. The maximum absolute atomic E-state index is 14.1. The van der Waals surface area contributed by atoms with Gasteiger partial charge in [-0.15, -0.1) is 0 Å². The summed E-state index contributed by atoms with van der Waals surface area (Å²) in [5.74, 6) is -1.47. The molecule has 0 saturated carbocycles. The van der Waals surface area contributed by atoms with Gasteiger partial charge in [0.2, 0.25) is 17.7 Å². The number of nitrogens with two attached hydrogens (primary N) is 1. The first kappa shape index (κ1) is 33.7. The minimum Gasteiger partial charge on any atom is -0.508 e. The summed E-state index contributed by atoms with van der Waals surface area (Å²) in [6.07, 6.45) is 4.09. The maximum atomic E-state index is 14.1.